The second kappa shape index (κ2) is 7.26. The van der Waals surface area contributed by atoms with E-state index in [1.165, 1.54) is 0 Å². The molecule has 1 aromatic carbocycles. The fourth-order valence-corrected chi connectivity index (χ4v) is 3.11. The van der Waals surface area contributed by atoms with Crippen molar-refractivity contribution < 1.29 is 4.79 Å². The molecule has 122 valence electrons. The van der Waals surface area contributed by atoms with Gasteiger partial charge >= 0.3 is 6.03 Å². The molecule has 1 aliphatic heterocycles. The summed E-state index contributed by atoms with van der Waals surface area (Å²) in [5.74, 6) is 0. The summed E-state index contributed by atoms with van der Waals surface area (Å²) in [6, 6.07) is 10.5. The van der Waals surface area contributed by atoms with Crippen LogP contribution in [0.3, 0.4) is 0 Å². The van der Waals surface area contributed by atoms with Gasteiger partial charge in [0.1, 0.15) is 0 Å². The van der Waals surface area contributed by atoms with Gasteiger partial charge in [0.05, 0.1) is 12.2 Å². The molecular weight excluding hydrogens is 290 g/mol. The lowest BCUT2D eigenvalue weighted by molar-refractivity contribution is 0.162. The van der Waals surface area contributed by atoms with Crippen molar-refractivity contribution in [2.24, 2.45) is 0 Å². The highest BCUT2D eigenvalue weighted by Gasteiger charge is 2.24. The van der Waals surface area contributed by atoms with Gasteiger partial charge in [-0.1, -0.05) is 35.5 Å². The Hall–Kier alpha value is -2.37. The minimum atomic E-state index is 0.105. The molecule has 0 saturated carbocycles. The molecule has 1 atom stereocenters. The molecule has 1 aliphatic rings. The zero-order valence-corrected chi connectivity index (χ0v) is 13.5. The van der Waals surface area contributed by atoms with Crippen molar-refractivity contribution in [2.75, 3.05) is 20.1 Å². The van der Waals surface area contributed by atoms with E-state index in [-0.39, 0.29) is 6.03 Å². The van der Waals surface area contributed by atoms with Crippen molar-refractivity contribution in [3.63, 3.8) is 0 Å². The average molecular weight is 313 g/mol. The molecule has 1 aromatic heterocycles. The largest absolute Gasteiger partial charge is 0.325 e. The summed E-state index contributed by atoms with van der Waals surface area (Å²) in [7, 11) is 1.87. The molecule has 0 radical (unpaired) electrons. The van der Waals surface area contributed by atoms with Crippen LogP contribution < -0.4 is 0 Å². The van der Waals surface area contributed by atoms with Gasteiger partial charge in [-0.15, -0.1) is 5.10 Å². The van der Waals surface area contributed by atoms with Crippen LogP contribution in [0.2, 0.25) is 0 Å². The molecule has 0 aliphatic carbocycles. The topological polar surface area (TPSA) is 54.3 Å². The lowest BCUT2D eigenvalue weighted by Crippen LogP contribution is -2.41. The molecule has 6 nitrogen and oxygen atoms in total. The quantitative estimate of drug-likeness (QED) is 0.875. The molecule has 2 heterocycles. The third-order valence-corrected chi connectivity index (χ3v) is 4.37. The van der Waals surface area contributed by atoms with E-state index in [1.807, 2.05) is 53.2 Å². The van der Waals surface area contributed by atoms with Crippen molar-refractivity contribution in [1.82, 2.24) is 24.8 Å². The maximum absolute atomic E-state index is 12.7. The second-order valence-electron chi connectivity index (χ2n) is 6.08. The first kappa shape index (κ1) is 15.5. The number of likely N-dealkylation sites (tertiary alicyclic amines) is 1. The predicted molar refractivity (Wildman–Crippen MR) is 87.8 cm³/mol. The van der Waals surface area contributed by atoms with Crippen LogP contribution >= 0.6 is 0 Å². The van der Waals surface area contributed by atoms with E-state index in [2.05, 4.69) is 10.3 Å². The number of aromatic nitrogens is 3. The number of hydrogen-bond donors (Lipinski definition) is 0. The van der Waals surface area contributed by atoms with E-state index in [1.54, 1.807) is 11.1 Å². The van der Waals surface area contributed by atoms with Gasteiger partial charge in [0.25, 0.3) is 0 Å². The second-order valence-corrected chi connectivity index (χ2v) is 6.08. The Morgan fingerprint density at radius 1 is 1.26 bits per heavy atom. The minimum Gasteiger partial charge on any atom is -0.325 e. The molecule has 2 amide bonds. The van der Waals surface area contributed by atoms with Crippen LogP contribution in [-0.2, 0) is 6.54 Å². The first-order valence-electron chi connectivity index (χ1n) is 8.14. The lowest BCUT2D eigenvalue weighted by atomic mass is 10.1. The summed E-state index contributed by atoms with van der Waals surface area (Å²) >= 11 is 0. The van der Waals surface area contributed by atoms with E-state index in [0.717, 1.165) is 37.9 Å². The predicted octanol–water partition coefficient (Wildman–Crippen LogP) is 2.56. The molecule has 6 heteroatoms. The molecule has 0 spiro atoms. The number of amides is 2. The maximum atomic E-state index is 12.7. The van der Waals surface area contributed by atoms with Crippen LogP contribution in [-0.4, -0.2) is 51.0 Å². The lowest BCUT2D eigenvalue weighted by Gasteiger charge is -2.27. The third-order valence-electron chi connectivity index (χ3n) is 4.37. The summed E-state index contributed by atoms with van der Waals surface area (Å²) in [4.78, 5) is 16.4. The van der Waals surface area contributed by atoms with Crippen LogP contribution in [0.1, 0.15) is 30.9 Å². The molecule has 0 N–H and O–H groups in total. The summed E-state index contributed by atoms with van der Waals surface area (Å²) in [6.45, 7) is 2.22. The highest BCUT2D eigenvalue weighted by Crippen LogP contribution is 2.22. The molecular formula is C17H23N5O. The number of carbonyl (C=O) groups excluding carboxylic acids is 1. The number of carbonyl (C=O) groups is 1. The number of urea groups is 1. The Balaban J connectivity index is 1.57. The van der Waals surface area contributed by atoms with Gasteiger partial charge in [0.2, 0.25) is 0 Å². The Morgan fingerprint density at radius 2 is 2.09 bits per heavy atom. The van der Waals surface area contributed by atoms with Gasteiger partial charge in [-0.05, 0) is 24.8 Å². The molecule has 1 unspecified atom stereocenters. The van der Waals surface area contributed by atoms with Gasteiger partial charge in [-0.2, -0.15) is 0 Å². The first-order chi connectivity index (χ1) is 11.2. The van der Waals surface area contributed by atoms with E-state index in [9.17, 15) is 4.79 Å². The Labute approximate surface area is 136 Å². The molecule has 3 rings (SSSR count). The van der Waals surface area contributed by atoms with Gasteiger partial charge in [0, 0.05) is 32.9 Å². The molecule has 1 saturated heterocycles. The Morgan fingerprint density at radius 3 is 2.83 bits per heavy atom. The SMILES string of the molecule is CN(Cc1ccccc1)C(=O)N1CCCC(n2ccnn2)CC1. The van der Waals surface area contributed by atoms with Crippen molar-refractivity contribution in [2.45, 2.75) is 31.8 Å². The van der Waals surface area contributed by atoms with Gasteiger partial charge < -0.3 is 9.80 Å². The number of hydrogen-bond acceptors (Lipinski definition) is 3. The minimum absolute atomic E-state index is 0.105. The first-order valence-corrected chi connectivity index (χ1v) is 8.14. The molecule has 2 aromatic rings. The number of rotatable bonds is 3. The van der Waals surface area contributed by atoms with Crippen LogP contribution in [0.15, 0.2) is 42.7 Å². The number of benzene rings is 1. The van der Waals surface area contributed by atoms with E-state index in [4.69, 9.17) is 0 Å². The van der Waals surface area contributed by atoms with Crippen molar-refractivity contribution in [3.05, 3.63) is 48.3 Å². The summed E-state index contributed by atoms with van der Waals surface area (Å²) in [6.07, 6.45) is 6.57. The van der Waals surface area contributed by atoms with E-state index >= 15 is 0 Å². The van der Waals surface area contributed by atoms with Crippen molar-refractivity contribution in [1.29, 1.82) is 0 Å². The van der Waals surface area contributed by atoms with Gasteiger partial charge in [-0.25, -0.2) is 9.48 Å². The van der Waals surface area contributed by atoms with E-state index < -0.39 is 0 Å². The van der Waals surface area contributed by atoms with Crippen LogP contribution in [0.25, 0.3) is 0 Å². The van der Waals surface area contributed by atoms with Gasteiger partial charge in [0.15, 0.2) is 0 Å². The third kappa shape index (κ3) is 3.88. The van der Waals surface area contributed by atoms with Crippen LogP contribution in [0, 0.1) is 0 Å². The standard InChI is InChI=1S/C17H23N5O/c1-20(14-15-6-3-2-4-7-15)17(23)21-11-5-8-16(9-12-21)22-13-10-18-19-22/h2-4,6-7,10,13,16H,5,8-9,11-12,14H2,1H3. The average Bonchev–Trinajstić information content (AvgIpc) is 3.00. The summed E-state index contributed by atoms with van der Waals surface area (Å²) < 4.78 is 1.92. The fraction of sp³-hybridized carbons (Fsp3) is 0.471. The summed E-state index contributed by atoms with van der Waals surface area (Å²) in [5, 5.41) is 7.98. The Kier molecular flexibility index (Phi) is 4.90. The van der Waals surface area contributed by atoms with Crippen molar-refractivity contribution in [3.8, 4) is 0 Å². The molecule has 23 heavy (non-hydrogen) atoms. The summed E-state index contributed by atoms with van der Waals surface area (Å²) in [5.41, 5.74) is 1.15. The van der Waals surface area contributed by atoms with Crippen LogP contribution in [0.5, 0.6) is 0 Å². The molecule has 0 bridgehead atoms. The maximum Gasteiger partial charge on any atom is 0.320 e. The molecule has 1 fully saturated rings. The zero-order valence-electron chi connectivity index (χ0n) is 13.5. The van der Waals surface area contributed by atoms with E-state index in [0.29, 0.717) is 12.6 Å². The Bertz CT molecular complexity index is 613. The van der Waals surface area contributed by atoms with Crippen molar-refractivity contribution >= 4 is 6.03 Å². The van der Waals surface area contributed by atoms with Crippen LogP contribution in [0.4, 0.5) is 4.79 Å². The fourth-order valence-electron chi connectivity index (χ4n) is 3.11. The highest BCUT2D eigenvalue weighted by molar-refractivity contribution is 5.74. The zero-order chi connectivity index (χ0) is 16.1. The normalized spacial score (nSPS) is 18.5. The highest BCUT2D eigenvalue weighted by atomic mass is 16.2. The van der Waals surface area contributed by atoms with Gasteiger partial charge in [-0.3, -0.25) is 0 Å². The monoisotopic (exact) mass is 313 g/mol. The number of nitrogens with zero attached hydrogens (tertiary/aromatic N) is 5. The smallest absolute Gasteiger partial charge is 0.320 e.